The summed E-state index contributed by atoms with van der Waals surface area (Å²) in [4.78, 5) is 36.9. The van der Waals surface area contributed by atoms with E-state index in [1.807, 2.05) is 0 Å². The van der Waals surface area contributed by atoms with Crippen LogP contribution in [0.1, 0.15) is 33.6 Å². The lowest BCUT2D eigenvalue weighted by Gasteiger charge is -2.12. The number of ether oxygens (including phenoxy) is 2. The van der Waals surface area contributed by atoms with E-state index in [1.165, 1.54) is 0 Å². The van der Waals surface area contributed by atoms with Crippen LogP contribution in [0.25, 0.3) is 0 Å². The second-order valence-corrected chi connectivity index (χ2v) is 7.66. The molecule has 2 aromatic carbocycles. The smallest absolute Gasteiger partial charge is 0.251 e. The van der Waals surface area contributed by atoms with Gasteiger partial charge in [0, 0.05) is 49.3 Å². The molecule has 0 aromatic heterocycles. The second-order valence-electron chi connectivity index (χ2n) is 7.66. The Kier molecular flexibility index (Phi) is 9.22. The molecule has 1 aliphatic rings. The maximum atomic E-state index is 12.4. The van der Waals surface area contributed by atoms with Crippen LogP contribution in [0.4, 0.5) is 11.4 Å². The Balaban J connectivity index is 1.47. The van der Waals surface area contributed by atoms with Gasteiger partial charge >= 0.3 is 0 Å². The van der Waals surface area contributed by atoms with Gasteiger partial charge in [-0.05, 0) is 49.2 Å². The summed E-state index contributed by atoms with van der Waals surface area (Å²) in [6, 6.07) is 13.7. The van der Waals surface area contributed by atoms with Gasteiger partial charge < -0.3 is 30.7 Å². The molecular weight excluding hydrogens is 424 g/mol. The van der Waals surface area contributed by atoms with Crippen molar-refractivity contribution >= 4 is 29.1 Å². The van der Waals surface area contributed by atoms with Crippen LogP contribution in [-0.4, -0.2) is 63.8 Å². The van der Waals surface area contributed by atoms with Crippen molar-refractivity contribution < 1.29 is 23.9 Å². The van der Waals surface area contributed by atoms with Gasteiger partial charge in [0.25, 0.3) is 11.8 Å². The average molecular weight is 455 g/mol. The van der Waals surface area contributed by atoms with Crippen LogP contribution < -0.4 is 21.3 Å². The Morgan fingerprint density at radius 2 is 1.70 bits per heavy atom. The van der Waals surface area contributed by atoms with Gasteiger partial charge in [-0.3, -0.25) is 14.4 Å². The fourth-order valence-electron chi connectivity index (χ4n) is 3.38. The van der Waals surface area contributed by atoms with Gasteiger partial charge in [0.05, 0.1) is 19.3 Å². The summed E-state index contributed by atoms with van der Waals surface area (Å²) >= 11 is 0. The van der Waals surface area contributed by atoms with Gasteiger partial charge in [0.15, 0.2) is 0 Å². The lowest BCUT2D eigenvalue weighted by molar-refractivity contribution is -0.114. The molecule has 0 saturated carbocycles. The molecule has 4 N–H and O–H groups in total. The normalized spacial score (nSPS) is 15.0. The number of hydrogen-bond donors (Lipinski definition) is 4. The summed E-state index contributed by atoms with van der Waals surface area (Å²) in [6.45, 7) is 2.07. The molecule has 0 bridgehead atoms. The molecule has 3 rings (SSSR count). The van der Waals surface area contributed by atoms with Crippen molar-refractivity contribution in [3.8, 4) is 0 Å². The summed E-state index contributed by atoms with van der Waals surface area (Å²) in [5.74, 6) is -0.697. The molecule has 0 radical (unpaired) electrons. The molecule has 1 atom stereocenters. The second kappa shape index (κ2) is 12.6. The summed E-state index contributed by atoms with van der Waals surface area (Å²) in [6.07, 6.45) is 2.03. The molecule has 0 aliphatic carbocycles. The van der Waals surface area contributed by atoms with Crippen molar-refractivity contribution in [3.05, 3.63) is 59.7 Å². The number of nitrogens with one attached hydrogen (secondary N) is 4. The van der Waals surface area contributed by atoms with Gasteiger partial charge in [-0.15, -0.1) is 0 Å². The molecule has 1 heterocycles. The Morgan fingerprint density at radius 1 is 1.00 bits per heavy atom. The maximum Gasteiger partial charge on any atom is 0.251 e. The number of carbonyl (C=O) groups is 3. The third kappa shape index (κ3) is 7.89. The van der Waals surface area contributed by atoms with Crippen LogP contribution in [0.2, 0.25) is 0 Å². The van der Waals surface area contributed by atoms with Crippen molar-refractivity contribution in [2.24, 2.45) is 0 Å². The molecule has 9 heteroatoms. The molecule has 3 amide bonds. The first-order valence-corrected chi connectivity index (χ1v) is 11.0. The summed E-state index contributed by atoms with van der Waals surface area (Å²) in [5.41, 5.74) is 2.12. The summed E-state index contributed by atoms with van der Waals surface area (Å²) in [7, 11) is 1.57. The van der Waals surface area contributed by atoms with E-state index in [9.17, 15) is 14.4 Å². The molecule has 9 nitrogen and oxygen atoms in total. The van der Waals surface area contributed by atoms with Crippen LogP contribution in [0, 0.1) is 0 Å². The van der Waals surface area contributed by atoms with E-state index in [0.29, 0.717) is 42.2 Å². The third-order valence-electron chi connectivity index (χ3n) is 5.09. The van der Waals surface area contributed by atoms with Crippen molar-refractivity contribution in [1.82, 2.24) is 10.6 Å². The first kappa shape index (κ1) is 24.2. The van der Waals surface area contributed by atoms with Crippen LogP contribution in [0.3, 0.4) is 0 Å². The van der Waals surface area contributed by atoms with Gasteiger partial charge in [0.2, 0.25) is 5.91 Å². The standard InChI is InChI=1S/C24H30N4O5/c1-32-12-10-25-23(30)17-5-2-7-19(13-17)26-16-22(29)28-20-8-3-6-18(14-20)24(31)27-15-21-9-4-11-33-21/h2-3,5-8,13-14,21,26H,4,9-12,15-16H2,1H3,(H,25,30)(H,27,31)(H,28,29). The highest BCUT2D eigenvalue weighted by Crippen LogP contribution is 2.14. The Labute approximate surface area is 193 Å². The van der Waals surface area contributed by atoms with Crippen LogP contribution in [0.5, 0.6) is 0 Å². The summed E-state index contributed by atoms with van der Waals surface area (Å²) < 4.78 is 10.4. The van der Waals surface area contributed by atoms with E-state index in [1.54, 1.807) is 55.6 Å². The molecule has 2 aromatic rings. The molecule has 1 unspecified atom stereocenters. The molecule has 33 heavy (non-hydrogen) atoms. The lowest BCUT2D eigenvalue weighted by Crippen LogP contribution is -2.31. The van der Waals surface area contributed by atoms with Crippen molar-refractivity contribution in [2.45, 2.75) is 18.9 Å². The molecule has 1 saturated heterocycles. The van der Waals surface area contributed by atoms with Gasteiger partial charge in [-0.25, -0.2) is 0 Å². The fraction of sp³-hybridized carbons (Fsp3) is 0.375. The van der Waals surface area contributed by atoms with E-state index in [2.05, 4.69) is 21.3 Å². The zero-order chi connectivity index (χ0) is 23.5. The third-order valence-corrected chi connectivity index (χ3v) is 5.09. The van der Waals surface area contributed by atoms with E-state index in [-0.39, 0.29) is 30.4 Å². The largest absolute Gasteiger partial charge is 0.383 e. The molecular formula is C24H30N4O5. The Morgan fingerprint density at radius 3 is 2.39 bits per heavy atom. The number of anilines is 2. The Hall–Kier alpha value is -3.43. The fourth-order valence-corrected chi connectivity index (χ4v) is 3.38. The molecule has 176 valence electrons. The van der Waals surface area contributed by atoms with Crippen molar-refractivity contribution in [1.29, 1.82) is 0 Å². The van der Waals surface area contributed by atoms with Gasteiger partial charge in [-0.2, -0.15) is 0 Å². The highest BCUT2D eigenvalue weighted by molar-refractivity contribution is 5.98. The van der Waals surface area contributed by atoms with Crippen molar-refractivity contribution in [3.63, 3.8) is 0 Å². The number of carbonyl (C=O) groups excluding carboxylic acids is 3. The van der Waals surface area contributed by atoms with Gasteiger partial charge in [-0.1, -0.05) is 12.1 Å². The molecule has 1 fully saturated rings. The first-order valence-electron chi connectivity index (χ1n) is 11.0. The number of amides is 3. The number of methoxy groups -OCH3 is 1. The quantitative estimate of drug-likeness (QED) is 0.386. The van der Waals surface area contributed by atoms with E-state index in [0.717, 1.165) is 19.4 Å². The first-order chi connectivity index (χ1) is 16.0. The van der Waals surface area contributed by atoms with E-state index in [4.69, 9.17) is 9.47 Å². The van der Waals surface area contributed by atoms with Gasteiger partial charge in [0.1, 0.15) is 0 Å². The van der Waals surface area contributed by atoms with Crippen LogP contribution >= 0.6 is 0 Å². The maximum absolute atomic E-state index is 12.4. The zero-order valence-electron chi connectivity index (χ0n) is 18.7. The minimum absolute atomic E-state index is 0.00416. The number of hydrogen-bond acceptors (Lipinski definition) is 6. The van der Waals surface area contributed by atoms with E-state index < -0.39 is 0 Å². The zero-order valence-corrected chi connectivity index (χ0v) is 18.7. The number of benzene rings is 2. The topological polar surface area (TPSA) is 118 Å². The predicted molar refractivity (Wildman–Crippen MR) is 126 cm³/mol. The summed E-state index contributed by atoms with van der Waals surface area (Å²) in [5, 5.41) is 11.4. The highest BCUT2D eigenvalue weighted by Gasteiger charge is 2.17. The van der Waals surface area contributed by atoms with Crippen LogP contribution in [-0.2, 0) is 14.3 Å². The Bertz CT molecular complexity index is 959. The van der Waals surface area contributed by atoms with E-state index >= 15 is 0 Å². The molecule has 0 spiro atoms. The SMILES string of the molecule is COCCNC(=O)c1cccc(NCC(=O)Nc2cccc(C(=O)NCC3CCCO3)c2)c1. The lowest BCUT2D eigenvalue weighted by atomic mass is 10.1. The van der Waals surface area contributed by atoms with Crippen molar-refractivity contribution in [2.75, 3.05) is 50.6 Å². The minimum Gasteiger partial charge on any atom is -0.383 e. The monoisotopic (exact) mass is 454 g/mol. The number of rotatable bonds is 11. The molecule has 1 aliphatic heterocycles. The minimum atomic E-state index is -0.276. The predicted octanol–water partition coefficient (Wildman–Crippen LogP) is 2.02. The van der Waals surface area contributed by atoms with Crippen LogP contribution in [0.15, 0.2) is 48.5 Å². The average Bonchev–Trinajstić information content (AvgIpc) is 3.35. The highest BCUT2D eigenvalue weighted by atomic mass is 16.5.